The van der Waals surface area contributed by atoms with Gasteiger partial charge >= 0.3 is 6.18 Å². The molecule has 1 nitrogen and oxygen atoms in total. The fraction of sp³-hybridized carbons (Fsp3) is 0.400. The second-order valence-corrected chi connectivity index (χ2v) is 5.03. The molecule has 1 aromatic carbocycles. The second-order valence-electron chi connectivity index (χ2n) is 5.03. The van der Waals surface area contributed by atoms with Gasteiger partial charge in [0, 0.05) is 5.57 Å². The van der Waals surface area contributed by atoms with E-state index in [1.807, 2.05) is 19.1 Å². The highest BCUT2D eigenvalue weighted by Crippen LogP contribution is 2.33. The third kappa shape index (κ3) is 2.72. The van der Waals surface area contributed by atoms with Gasteiger partial charge in [-0.1, -0.05) is 38.1 Å². The van der Waals surface area contributed by atoms with Crippen LogP contribution in [0.2, 0.25) is 0 Å². The van der Waals surface area contributed by atoms with Gasteiger partial charge in [-0.15, -0.1) is 0 Å². The number of hydrogen-bond acceptors (Lipinski definition) is 1. The lowest BCUT2D eigenvalue weighted by Crippen LogP contribution is -2.23. The van der Waals surface area contributed by atoms with Gasteiger partial charge in [-0.05, 0) is 29.5 Å². The first kappa shape index (κ1) is 13.8. The van der Waals surface area contributed by atoms with Crippen LogP contribution in [0.15, 0.2) is 29.3 Å². The van der Waals surface area contributed by atoms with E-state index in [1.54, 1.807) is 12.1 Å². The second kappa shape index (κ2) is 4.83. The quantitative estimate of drug-likeness (QED) is 0.747. The number of hydrogen-bond donors (Lipinski definition) is 0. The SMILES string of the molecule is Cc1cc(C(C)C)ccc1C1=CCN=C1C(F)(F)F. The summed E-state index contributed by atoms with van der Waals surface area (Å²) in [7, 11) is 0. The normalized spacial score (nSPS) is 15.7. The van der Waals surface area contributed by atoms with Crippen LogP contribution in [0.25, 0.3) is 5.57 Å². The van der Waals surface area contributed by atoms with E-state index in [1.165, 1.54) is 0 Å². The van der Waals surface area contributed by atoms with Crippen molar-refractivity contribution in [3.8, 4) is 0 Å². The minimum absolute atomic E-state index is 0.107. The van der Waals surface area contributed by atoms with Gasteiger partial charge < -0.3 is 0 Å². The average molecular weight is 267 g/mol. The molecule has 0 radical (unpaired) electrons. The zero-order valence-corrected chi connectivity index (χ0v) is 11.2. The number of allylic oxidation sites excluding steroid dienone is 1. The monoisotopic (exact) mass is 267 g/mol. The Morgan fingerprint density at radius 1 is 1.21 bits per heavy atom. The third-order valence-electron chi connectivity index (χ3n) is 3.28. The Morgan fingerprint density at radius 3 is 2.42 bits per heavy atom. The van der Waals surface area contributed by atoms with E-state index in [0.717, 1.165) is 11.1 Å². The standard InChI is InChI=1S/C15H16F3N/c1-9(2)11-4-5-12(10(3)8-11)13-6-7-19-14(13)15(16,17)18/h4-6,8-9H,7H2,1-3H3. The molecule has 0 bridgehead atoms. The topological polar surface area (TPSA) is 12.4 Å². The summed E-state index contributed by atoms with van der Waals surface area (Å²) in [6, 6.07) is 5.61. The number of aryl methyl sites for hydroxylation is 1. The highest BCUT2D eigenvalue weighted by atomic mass is 19.4. The number of benzene rings is 1. The molecule has 2 rings (SSSR count). The first-order valence-corrected chi connectivity index (χ1v) is 6.24. The molecule has 0 atom stereocenters. The first-order valence-electron chi connectivity index (χ1n) is 6.24. The number of alkyl halides is 3. The number of nitrogens with zero attached hydrogens (tertiary/aromatic N) is 1. The number of rotatable bonds is 2. The maximum atomic E-state index is 12.9. The summed E-state index contributed by atoms with van der Waals surface area (Å²) in [4.78, 5) is 3.56. The summed E-state index contributed by atoms with van der Waals surface area (Å²) in [5.74, 6) is 0.362. The van der Waals surface area contributed by atoms with Gasteiger partial charge in [0.2, 0.25) is 0 Å². The first-order chi connectivity index (χ1) is 8.80. The van der Waals surface area contributed by atoms with E-state index < -0.39 is 11.9 Å². The van der Waals surface area contributed by atoms with Crippen molar-refractivity contribution in [2.75, 3.05) is 6.54 Å². The van der Waals surface area contributed by atoms with Crippen molar-refractivity contribution in [1.29, 1.82) is 0 Å². The van der Waals surface area contributed by atoms with E-state index in [0.29, 0.717) is 11.5 Å². The van der Waals surface area contributed by atoms with Gasteiger partial charge in [0.05, 0.1) is 6.54 Å². The smallest absolute Gasteiger partial charge is 0.276 e. The predicted molar refractivity (Wildman–Crippen MR) is 71.6 cm³/mol. The van der Waals surface area contributed by atoms with Crippen molar-refractivity contribution < 1.29 is 13.2 Å². The van der Waals surface area contributed by atoms with Crippen LogP contribution >= 0.6 is 0 Å². The van der Waals surface area contributed by atoms with Crippen LogP contribution in [0, 0.1) is 6.92 Å². The summed E-state index contributed by atoms with van der Waals surface area (Å²) in [6.07, 6.45) is -2.84. The molecule has 0 amide bonds. The zero-order valence-electron chi connectivity index (χ0n) is 11.2. The average Bonchev–Trinajstić information content (AvgIpc) is 2.77. The molecule has 0 aromatic heterocycles. The van der Waals surface area contributed by atoms with Crippen molar-refractivity contribution in [2.45, 2.75) is 32.9 Å². The number of aliphatic imine (C=N–C) groups is 1. The minimum atomic E-state index is -4.38. The molecular formula is C15H16F3N. The highest BCUT2D eigenvalue weighted by Gasteiger charge is 2.39. The molecule has 102 valence electrons. The molecule has 0 saturated carbocycles. The Kier molecular flexibility index (Phi) is 3.52. The molecule has 0 unspecified atom stereocenters. The molecule has 0 saturated heterocycles. The Labute approximate surface area is 110 Å². The van der Waals surface area contributed by atoms with Crippen LogP contribution in [0.5, 0.6) is 0 Å². The van der Waals surface area contributed by atoms with Crippen molar-refractivity contribution in [2.24, 2.45) is 4.99 Å². The van der Waals surface area contributed by atoms with Crippen molar-refractivity contribution in [1.82, 2.24) is 0 Å². The molecule has 4 heteroatoms. The van der Waals surface area contributed by atoms with Crippen molar-refractivity contribution >= 4 is 11.3 Å². The lowest BCUT2D eigenvalue weighted by atomic mass is 9.92. The lowest BCUT2D eigenvalue weighted by molar-refractivity contribution is -0.0570. The van der Waals surface area contributed by atoms with E-state index in [4.69, 9.17) is 0 Å². The van der Waals surface area contributed by atoms with Crippen LogP contribution in [-0.2, 0) is 0 Å². The summed E-state index contributed by atoms with van der Waals surface area (Å²) >= 11 is 0. The molecule has 0 N–H and O–H groups in total. The molecule has 1 aliphatic heterocycles. The van der Waals surface area contributed by atoms with E-state index in [9.17, 15) is 13.2 Å². The molecular weight excluding hydrogens is 251 g/mol. The Hall–Kier alpha value is -1.58. The molecule has 1 aliphatic rings. The van der Waals surface area contributed by atoms with Gasteiger partial charge in [-0.25, -0.2) is 0 Å². The van der Waals surface area contributed by atoms with Crippen LogP contribution in [0.1, 0.15) is 36.5 Å². The van der Waals surface area contributed by atoms with Crippen molar-refractivity contribution in [3.05, 3.63) is 41.0 Å². The fourth-order valence-corrected chi connectivity index (χ4v) is 2.24. The van der Waals surface area contributed by atoms with E-state index in [2.05, 4.69) is 18.8 Å². The van der Waals surface area contributed by atoms with Crippen LogP contribution in [0.4, 0.5) is 13.2 Å². The zero-order chi connectivity index (χ0) is 14.2. The largest absolute Gasteiger partial charge is 0.433 e. The Morgan fingerprint density at radius 2 is 1.89 bits per heavy atom. The minimum Gasteiger partial charge on any atom is -0.276 e. The molecule has 0 aliphatic carbocycles. The molecule has 19 heavy (non-hydrogen) atoms. The molecule has 1 heterocycles. The van der Waals surface area contributed by atoms with Gasteiger partial charge in [-0.2, -0.15) is 13.2 Å². The van der Waals surface area contributed by atoms with E-state index in [-0.39, 0.29) is 12.1 Å². The predicted octanol–water partition coefficient (Wildman–Crippen LogP) is 4.52. The summed E-state index contributed by atoms with van der Waals surface area (Å²) < 4.78 is 38.6. The third-order valence-corrected chi connectivity index (χ3v) is 3.28. The molecule has 0 fully saturated rings. The highest BCUT2D eigenvalue weighted by molar-refractivity contribution is 6.28. The maximum Gasteiger partial charge on any atom is 0.433 e. The van der Waals surface area contributed by atoms with E-state index >= 15 is 0 Å². The van der Waals surface area contributed by atoms with Gasteiger partial charge in [0.25, 0.3) is 0 Å². The summed E-state index contributed by atoms with van der Waals surface area (Å²) in [6.45, 7) is 6.07. The summed E-state index contributed by atoms with van der Waals surface area (Å²) in [5.41, 5.74) is 2.06. The Bertz CT molecular complexity index is 551. The molecule has 0 spiro atoms. The van der Waals surface area contributed by atoms with Gasteiger partial charge in [0.15, 0.2) is 0 Å². The Balaban J connectivity index is 2.41. The van der Waals surface area contributed by atoms with Crippen LogP contribution < -0.4 is 0 Å². The fourth-order valence-electron chi connectivity index (χ4n) is 2.24. The van der Waals surface area contributed by atoms with Crippen LogP contribution in [-0.4, -0.2) is 18.4 Å². The summed E-state index contributed by atoms with van der Waals surface area (Å²) in [5, 5.41) is 0. The van der Waals surface area contributed by atoms with Crippen LogP contribution in [0.3, 0.4) is 0 Å². The lowest BCUT2D eigenvalue weighted by Gasteiger charge is -2.15. The number of halogens is 3. The van der Waals surface area contributed by atoms with Gasteiger partial charge in [-0.3, -0.25) is 4.99 Å². The molecule has 1 aromatic rings. The van der Waals surface area contributed by atoms with Crippen molar-refractivity contribution in [3.63, 3.8) is 0 Å². The maximum absolute atomic E-state index is 12.9. The van der Waals surface area contributed by atoms with Gasteiger partial charge in [0.1, 0.15) is 5.71 Å².